The molecule has 18 heavy (non-hydrogen) atoms. The van der Waals surface area contributed by atoms with Crippen LogP contribution in [0.5, 0.6) is 0 Å². The van der Waals surface area contributed by atoms with Gasteiger partial charge in [0.15, 0.2) is 0 Å². The van der Waals surface area contributed by atoms with E-state index in [1.54, 1.807) is 6.07 Å². The first-order valence-electron chi connectivity index (χ1n) is 5.94. The zero-order chi connectivity index (χ0) is 12.6. The minimum Gasteiger partial charge on any atom is -0.378 e. The molecule has 2 aliphatic rings. The fraction of sp³-hybridized carbons (Fsp3) is 0.636. The molecular formula is C11H15ClN4O2. The van der Waals surface area contributed by atoms with Gasteiger partial charge in [-0.3, -0.25) is 0 Å². The van der Waals surface area contributed by atoms with Gasteiger partial charge in [0.05, 0.1) is 19.8 Å². The first-order chi connectivity index (χ1) is 8.67. The van der Waals surface area contributed by atoms with Crippen molar-refractivity contribution in [3.8, 4) is 0 Å². The molecule has 6 nitrogen and oxygen atoms in total. The number of rotatable bonds is 1. The van der Waals surface area contributed by atoms with E-state index < -0.39 is 0 Å². The molecule has 98 valence electrons. The van der Waals surface area contributed by atoms with Crippen molar-refractivity contribution >= 4 is 23.4 Å². The highest BCUT2D eigenvalue weighted by Gasteiger charge is 2.40. The van der Waals surface area contributed by atoms with Gasteiger partial charge >= 0.3 is 0 Å². The van der Waals surface area contributed by atoms with E-state index >= 15 is 0 Å². The molecule has 0 aliphatic carbocycles. The summed E-state index contributed by atoms with van der Waals surface area (Å²) in [5.74, 6) is 0.947. The summed E-state index contributed by atoms with van der Waals surface area (Å²) in [4.78, 5) is 10.2. The predicted molar refractivity (Wildman–Crippen MR) is 67.8 cm³/mol. The molecule has 1 atom stereocenters. The van der Waals surface area contributed by atoms with Crippen LogP contribution in [0.4, 0.5) is 11.8 Å². The Bertz CT molecular complexity index is 430. The maximum absolute atomic E-state index is 5.91. The maximum atomic E-state index is 5.91. The number of anilines is 2. The third kappa shape index (κ3) is 2.23. The lowest BCUT2D eigenvalue weighted by Gasteiger charge is -2.40. The quantitative estimate of drug-likeness (QED) is 0.758. The Kier molecular flexibility index (Phi) is 3.01. The topological polar surface area (TPSA) is 73.5 Å². The molecule has 0 aromatic carbocycles. The van der Waals surface area contributed by atoms with Gasteiger partial charge in [0, 0.05) is 25.6 Å². The number of aromatic nitrogens is 2. The van der Waals surface area contributed by atoms with E-state index in [0.29, 0.717) is 18.4 Å². The van der Waals surface area contributed by atoms with E-state index in [1.807, 2.05) is 0 Å². The smallest absolute Gasteiger partial charge is 0.223 e. The van der Waals surface area contributed by atoms with Crippen LogP contribution in [0.25, 0.3) is 0 Å². The third-order valence-corrected chi connectivity index (χ3v) is 3.53. The highest BCUT2D eigenvalue weighted by molar-refractivity contribution is 6.29. The first-order valence-corrected chi connectivity index (χ1v) is 6.31. The Morgan fingerprint density at radius 1 is 1.39 bits per heavy atom. The molecule has 3 heterocycles. The average Bonchev–Trinajstić information content (AvgIpc) is 2.76. The van der Waals surface area contributed by atoms with Crippen LogP contribution >= 0.6 is 11.6 Å². The number of hydrogen-bond donors (Lipinski definition) is 1. The maximum Gasteiger partial charge on any atom is 0.223 e. The summed E-state index contributed by atoms with van der Waals surface area (Å²) >= 11 is 5.91. The number of morpholine rings is 1. The molecule has 2 saturated heterocycles. The lowest BCUT2D eigenvalue weighted by molar-refractivity contribution is -0.0581. The molecule has 0 bridgehead atoms. The number of nitrogen functional groups attached to an aromatic ring is 1. The second kappa shape index (κ2) is 4.53. The van der Waals surface area contributed by atoms with E-state index in [2.05, 4.69) is 14.9 Å². The summed E-state index contributed by atoms with van der Waals surface area (Å²) in [7, 11) is 0. The molecule has 0 radical (unpaired) electrons. The zero-order valence-electron chi connectivity index (χ0n) is 9.93. The highest BCUT2D eigenvalue weighted by atomic mass is 35.5. The van der Waals surface area contributed by atoms with E-state index in [4.69, 9.17) is 26.8 Å². The van der Waals surface area contributed by atoms with Crippen LogP contribution in [-0.4, -0.2) is 48.5 Å². The molecule has 0 saturated carbocycles. The largest absolute Gasteiger partial charge is 0.378 e. The normalized spacial score (nSPS) is 27.9. The van der Waals surface area contributed by atoms with E-state index in [0.717, 1.165) is 31.9 Å². The fourth-order valence-corrected chi connectivity index (χ4v) is 2.64. The lowest BCUT2D eigenvalue weighted by atomic mass is 10.0. The summed E-state index contributed by atoms with van der Waals surface area (Å²) in [6.45, 7) is 3.57. The van der Waals surface area contributed by atoms with Crippen molar-refractivity contribution in [2.45, 2.75) is 12.0 Å². The van der Waals surface area contributed by atoms with Crippen LogP contribution in [0.2, 0.25) is 5.15 Å². The van der Waals surface area contributed by atoms with Crippen molar-refractivity contribution < 1.29 is 9.47 Å². The number of halogens is 1. The Labute approximate surface area is 110 Å². The van der Waals surface area contributed by atoms with Crippen LogP contribution in [0.1, 0.15) is 6.42 Å². The molecule has 2 aliphatic heterocycles. The van der Waals surface area contributed by atoms with Gasteiger partial charge in [0.1, 0.15) is 16.6 Å². The van der Waals surface area contributed by atoms with Crippen molar-refractivity contribution in [1.82, 2.24) is 9.97 Å². The molecule has 0 amide bonds. The summed E-state index contributed by atoms with van der Waals surface area (Å²) < 4.78 is 11.3. The van der Waals surface area contributed by atoms with Gasteiger partial charge in [-0.05, 0) is 0 Å². The van der Waals surface area contributed by atoms with Gasteiger partial charge in [0.2, 0.25) is 5.95 Å². The van der Waals surface area contributed by atoms with Crippen molar-refractivity contribution in [2.75, 3.05) is 43.5 Å². The van der Waals surface area contributed by atoms with Gasteiger partial charge in [-0.25, -0.2) is 4.98 Å². The number of ether oxygens (including phenoxy) is 2. The molecule has 3 rings (SSSR count). The number of nitrogens with zero attached hydrogens (tertiary/aromatic N) is 3. The molecule has 1 aromatic heterocycles. The highest BCUT2D eigenvalue weighted by Crippen LogP contribution is 2.30. The number of hydrogen-bond acceptors (Lipinski definition) is 6. The van der Waals surface area contributed by atoms with E-state index in [9.17, 15) is 0 Å². The van der Waals surface area contributed by atoms with Gasteiger partial charge in [-0.15, -0.1) is 0 Å². The van der Waals surface area contributed by atoms with Crippen molar-refractivity contribution in [3.05, 3.63) is 11.2 Å². The SMILES string of the molecule is Nc1nc(Cl)cc(N2CCOC3(CCOC3)C2)n1. The molecular weight excluding hydrogens is 256 g/mol. The van der Waals surface area contributed by atoms with Crippen molar-refractivity contribution in [2.24, 2.45) is 0 Å². The van der Waals surface area contributed by atoms with E-state index in [-0.39, 0.29) is 11.5 Å². The Morgan fingerprint density at radius 2 is 2.28 bits per heavy atom. The Morgan fingerprint density at radius 3 is 3.00 bits per heavy atom. The molecule has 1 aromatic rings. The summed E-state index contributed by atoms with van der Waals surface area (Å²) in [5, 5.41) is 0.362. The summed E-state index contributed by atoms with van der Waals surface area (Å²) in [6, 6.07) is 1.73. The van der Waals surface area contributed by atoms with Crippen LogP contribution in [0.15, 0.2) is 6.07 Å². The molecule has 2 fully saturated rings. The van der Waals surface area contributed by atoms with Crippen LogP contribution in [0, 0.1) is 0 Å². The summed E-state index contributed by atoms with van der Waals surface area (Å²) in [6.07, 6.45) is 0.914. The van der Waals surface area contributed by atoms with Gasteiger partial charge in [0.25, 0.3) is 0 Å². The minimum atomic E-state index is -0.204. The third-order valence-electron chi connectivity index (χ3n) is 3.34. The van der Waals surface area contributed by atoms with E-state index in [1.165, 1.54) is 0 Å². The minimum absolute atomic E-state index is 0.195. The lowest BCUT2D eigenvalue weighted by Crippen LogP contribution is -2.52. The zero-order valence-corrected chi connectivity index (χ0v) is 10.7. The van der Waals surface area contributed by atoms with Gasteiger partial charge < -0.3 is 20.1 Å². The molecule has 2 N–H and O–H groups in total. The second-order valence-electron chi connectivity index (χ2n) is 4.66. The summed E-state index contributed by atoms with van der Waals surface area (Å²) in [5.41, 5.74) is 5.42. The molecule has 1 spiro atoms. The van der Waals surface area contributed by atoms with Crippen molar-refractivity contribution in [3.63, 3.8) is 0 Å². The monoisotopic (exact) mass is 270 g/mol. The standard InChI is InChI=1S/C11H15ClN4O2/c12-8-5-9(15-10(13)14-8)16-2-4-18-11(6-16)1-3-17-7-11/h5H,1-4,6-7H2,(H2,13,14,15). The van der Waals surface area contributed by atoms with Gasteiger partial charge in [-0.1, -0.05) is 11.6 Å². The van der Waals surface area contributed by atoms with Gasteiger partial charge in [-0.2, -0.15) is 4.98 Å². The second-order valence-corrected chi connectivity index (χ2v) is 5.05. The van der Waals surface area contributed by atoms with Crippen LogP contribution in [-0.2, 0) is 9.47 Å². The molecule has 1 unspecified atom stereocenters. The van der Waals surface area contributed by atoms with Crippen molar-refractivity contribution in [1.29, 1.82) is 0 Å². The average molecular weight is 271 g/mol. The van der Waals surface area contributed by atoms with Crippen LogP contribution in [0.3, 0.4) is 0 Å². The predicted octanol–water partition coefficient (Wildman–Crippen LogP) is 0.708. The first kappa shape index (κ1) is 12.0. The Hall–Kier alpha value is -1.11. The Balaban J connectivity index is 1.83. The fourth-order valence-electron chi connectivity index (χ4n) is 2.45. The molecule has 7 heteroatoms. The number of nitrogens with two attached hydrogens (primary N) is 1. The van der Waals surface area contributed by atoms with Crippen LogP contribution < -0.4 is 10.6 Å².